The molecule has 0 spiro atoms. The molecule has 3 nitrogen and oxygen atoms in total. The van der Waals surface area contributed by atoms with E-state index in [-0.39, 0.29) is 24.7 Å². The highest BCUT2D eigenvalue weighted by Gasteiger charge is 2.35. The maximum absolute atomic E-state index is 12.6. The Morgan fingerprint density at radius 1 is 1.20 bits per heavy atom. The highest BCUT2D eigenvalue weighted by molar-refractivity contribution is 5.49. The van der Waals surface area contributed by atoms with E-state index >= 15 is 0 Å². The molecule has 1 aromatic carbocycles. The van der Waals surface area contributed by atoms with Crippen LogP contribution in [0.2, 0.25) is 0 Å². The zero-order valence-electron chi connectivity index (χ0n) is 7.60. The van der Waals surface area contributed by atoms with E-state index in [0.717, 1.165) is 6.07 Å². The lowest BCUT2D eigenvalue weighted by Crippen LogP contribution is -2.11. The molecule has 2 rings (SSSR count). The Hall–Kier alpha value is -1.43. The van der Waals surface area contributed by atoms with Crippen molar-refractivity contribution < 1.29 is 22.6 Å². The van der Waals surface area contributed by atoms with E-state index in [9.17, 15) is 13.2 Å². The van der Waals surface area contributed by atoms with Crippen LogP contribution in [0.25, 0.3) is 0 Å². The van der Waals surface area contributed by atoms with Crippen LogP contribution < -0.4 is 15.2 Å². The van der Waals surface area contributed by atoms with E-state index in [1.165, 1.54) is 6.07 Å². The fraction of sp³-hybridized carbons (Fsp3) is 0.333. The van der Waals surface area contributed by atoms with Crippen LogP contribution in [-0.2, 0) is 12.7 Å². The van der Waals surface area contributed by atoms with E-state index in [4.69, 9.17) is 15.2 Å². The molecule has 1 aromatic rings. The molecule has 0 atom stereocenters. The number of nitrogens with two attached hydrogens (primary N) is 1. The van der Waals surface area contributed by atoms with Gasteiger partial charge in [-0.15, -0.1) is 0 Å². The van der Waals surface area contributed by atoms with Crippen LogP contribution in [0.15, 0.2) is 12.1 Å². The second-order valence-electron chi connectivity index (χ2n) is 3.06. The molecule has 0 amide bonds. The first-order chi connectivity index (χ1) is 7.02. The molecule has 1 heterocycles. The monoisotopic (exact) mass is 219 g/mol. The first kappa shape index (κ1) is 10.1. The molecular weight excluding hydrogens is 211 g/mol. The summed E-state index contributed by atoms with van der Waals surface area (Å²) >= 11 is 0. The molecule has 0 radical (unpaired) electrons. The van der Waals surface area contributed by atoms with Crippen LogP contribution in [-0.4, -0.2) is 6.79 Å². The molecule has 1 aliphatic heterocycles. The summed E-state index contributed by atoms with van der Waals surface area (Å²) < 4.78 is 47.5. The number of fused-ring (bicyclic) bond motifs is 1. The normalized spacial score (nSPS) is 14.4. The highest BCUT2D eigenvalue weighted by atomic mass is 19.4. The summed E-state index contributed by atoms with van der Waals surface area (Å²) in [5.74, 6) is 0.419. The largest absolute Gasteiger partial charge is 0.454 e. The zero-order valence-corrected chi connectivity index (χ0v) is 7.60. The van der Waals surface area contributed by atoms with Crippen LogP contribution in [0, 0.1) is 0 Å². The van der Waals surface area contributed by atoms with Crippen LogP contribution in [0.1, 0.15) is 11.1 Å². The second-order valence-corrected chi connectivity index (χ2v) is 3.06. The van der Waals surface area contributed by atoms with Crippen molar-refractivity contribution in [1.29, 1.82) is 0 Å². The van der Waals surface area contributed by atoms with Crippen molar-refractivity contribution in [3.63, 3.8) is 0 Å². The van der Waals surface area contributed by atoms with E-state index in [0.29, 0.717) is 5.75 Å². The average Bonchev–Trinajstić information content (AvgIpc) is 2.60. The SMILES string of the molecule is NCc1cc2c(cc1C(F)(F)F)OCO2. The van der Waals surface area contributed by atoms with Gasteiger partial charge in [-0.25, -0.2) is 0 Å². The van der Waals surface area contributed by atoms with Crippen molar-refractivity contribution >= 4 is 0 Å². The molecule has 0 bridgehead atoms. The fourth-order valence-corrected chi connectivity index (χ4v) is 1.42. The van der Waals surface area contributed by atoms with Crippen LogP contribution in [0.3, 0.4) is 0 Å². The summed E-state index contributed by atoms with van der Waals surface area (Å²) in [7, 11) is 0. The number of alkyl halides is 3. The minimum atomic E-state index is -4.42. The molecule has 0 unspecified atom stereocenters. The summed E-state index contributed by atoms with van der Waals surface area (Å²) in [5, 5.41) is 0. The second kappa shape index (κ2) is 3.30. The Bertz CT molecular complexity index is 390. The molecule has 82 valence electrons. The Morgan fingerprint density at radius 2 is 1.80 bits per heavy atom. The third-order valence-corrected chi connectivity index (χ3v) is 2.12. The summed E-state index contributed by atoms with van der Waals surface area (Å²) in [6, 6.07) is 2.19. The maximum Gasteiger partial charge on any atom is 0.416 e. The predicted octanol–water partition coefficient (Wildman–Crippen LogP) is 1.89. The minimum absolute atomic E-state index is 0.00625. The standard InChI is InChI=1S/C9H8F3NO2/c10-9(11,12)6-2-8-7(14-4-15-8)1-5(6)3-13/h1-2H,3-4,13H2. The number of hydrogen-bond acceptors (Lipinski definition) is 3. The number of rotatable bonds is 1. The van der Waals surface area contributed by atoms with Gasteiger partial charge in [0.2, 0.25) is 6.79 Å². The van der Waals surface area contributed by atoms with Gasteiger partial charge in [-0.05, 0) is 17.7 Å². The summed E-state index contributed by atoms with van der Waals surface area (Å²) in [5.41, 5.74) is 4.48. The van der Waals surface area contributed by atoms with Gasteiger partial charge in [0.1, 0.15) is 0 Å². The van der Waals surface area contributed by atoms with Gasteiger partial charge in [-0.2, -0.15) is 13.2 Å². The Morgan fingerprint density at radius 3 is 2.33 bits per heavy atom. The minimum Gasteiger partial charge on any atom is -0.454 e. The Kier molecular flexibility index (Phi) is 2.22. The average molecular weight is 219 g/mol. The predicted molar refractivity (Wildman–Crippen MR) is 45.5 cm³/mol. The van der Waals surface area contributed by atoms with Crippen molar-refractivity contribution in [3.05, 3.63) is 23.3 Å². The summed E-state index contributed by atoms with van der Waals surface area (Å²) in [6.45, 7) is -0.244. The van der Waals surface area contributed by atoms with Gasteiger partial charge in [-0.1, -0.05) is 0 Å². The first-order valence-corrected chi connectivity index (χ1v) is 4.22. The molecule has 0 aromatic heterocycles. The highest BCUT2D eigenvalue weighted by Crippen LogP contribution is 2.40. The number of hydrogen-bond donors (Lipinski definition) is 1. The molecule has 2 N–H and O–H groups in total. The number of ether oxygens (including phenoxy) is 2. The van der Waals surface area contributed by atoms with Crippen molar-refractivity contribution in [3.8, 4) is 11.5 Å². The summed E-state index contributed by atoms with van der Waals surface area (Å²) in [6.07, 6.45) is -4.42. The maximum atomic E-state index is 12.6. The van der Waals surface area contributed by atoms with Crippen LogP contribution in [0.4, 0.5) is 13.2 Å². The van der Waals surface area contributed by atoms with Crippen LogP contribution >= 0.6 is 0 Å². The Balaban J connectivity index is 2.54. The van der Waals surface area contributed by atoms with Crippen molar-refractivity contribution in [2.75, 3.05) is 6.79 Å². The molecule has 0 saturated heterocycles. The van der Waals surface area contributed by atoms with Crippen molar-refractivity contribution in [2.45, 2.75) is 12.7 Å². The van der Waals surface area contributed by atoms with E-state index in [1.807, 2.05) is 0 Å². The van der Waals surface area contributed by atoms with Crippen molar-refractivity contribution in [1.82, 2.24) is 0 Å². The van der Waals surface area contributed by atoms with Gasteiger partial charge in [0.05, 0.1) is 5.56 Å². The topological polar surface area (TPSA) is 44.5 Å². The van der Waals surface area contributed by atoms with Gasteiger partial charge in [-0.3, -0.25) is 0 Å². The Labute approximate surface area is 83.6 Å². The quantitative estimate of drug-likeness (QED) is 0.784. The third kappa shape index (κ3) is 1.72. The van der Waals surface area contributed by atoms with E-state index < -0.39 is 11.7 Å². The lowest BCUT2D eigenvalue weighted by molar-refractivity contribution is -0.138. The first-order valence-electron chi connectivity index (χ1n) is 4.22. The van der Waals surface area contributed by atoms with Gasteiger partial charge < -0.3 is 15.2 Å². The molecule has 15 heavy (non-hydrogen) atoms. The molecular formula is C9H8F3NO2. The lowest BCUT2D eigenvalue weighted by atomic mass is 10.1. The van der Waals surface area contributed by atoms with Gasteiger partial charge in [0.15, 0.2) is 11.5 Å². The molecule has 0 saturated carbocycles. The lowest BCUT2D eigenvalue weighted by Gasteiger charge is -2.12. The molecule has 0 aliphatic carbocycles. The molecule has 6 heteroatoms. The third-order valence-electron chi connectivity index (χ3n) is 2.12. The zero-order chi connectivity index (χ0) is 11.1. The van der Waals surface area contributed by atoms with Crippen molar-refractivity contribution in [2.24, 2.45) is 5.73 Å². The van der Waals surface area contributed by atoms with Crippen LogP contribution in [0.5, 0.6) is 11.5 Å². The van der Waals surface area contributed by atoms with Gasteiger partial charge in [0.25, 0.3) is 0 Å². The molecule has 1 aliphatic rings. The number of halogens is 3. The number of benzene rings is 1. The van der Waals surface area contributed by atoms with E-state index in [1.54, 1.807) is 0 Å². The smallest absolute Gasteiger partial charge is 0.416 e. The fourth-order valence-electron chi connectivity index (χ4n) is 1.42. The van der Waals surface area contributed by atoms with E-state index in [2.05, 4.69) is 0 Å². The van der Waals surface area contributed by atoms with Gasteiger partial charge >= 0.3 is 6.18 Å². The van der Waals surface area contributed by atoms with Gasteiger partial charge in [0, 0.05) is 6.54 Å². The molecule has 0 fully saturated rings. The summed E-state index contributed by atoms with van der Waals surface area (Å²) in [4.78, 5) is 0.